The zero-order valence-electron chi connectivity index (χ0n) is 8.99. The van der Waals surface area contributed by atoms with Crippen LogP contribution in [0.15, 0.2) is 12.1 Å². The van der Waals surface area contributed by atoms with Gasteiger partial charge in [0, 0.05) is 24.0 Å². The third-order valence-electron chi connectivity index (χ3n) is 2.85. The highest BCUT2D eigenvalue weighted by Gasteiger charge is 2.23. The minimum atomic E-state index is 0.196. The van der Waals surface area contributed by atoms with Crippen LogP contribution in [0.2, 0.25) is 0 Å². The van der Waals surface area contributed by atoms with E-state index in [1.165, 1.54) is 4.88 Å². The molecule has 1 aromatic heterocycles. The lowest BCUT2D eigenvalue weighted by molar-refractivity contribution is 0.0547. The van der Waals surface area contributed by atoms with Crippen molar-refractivity contribution in [3.63, 3.8) is 0 Å². The summed E-state index contributed by atoms with van der Waals surface area (Å²) in [5.74, 6) is 0.519. The second-order valence-electron chi connectivity index (χ2n) is 3.87. The van der Waals surface area contributed by atoms with Gasteiger partial charge in [0.15, 0.2) is 5.78 Å². The van der Waals surface area contributed by atoms with E-state index >= 15 is 0 Å². The number of hydrogen-bond acceptors (Lipinski definition) is 3. The van der Waals surface area contributed by atoms with Crippen molar-refractivity contribution in [3.8, 4) is 0 Å². The van der Waals surface area contributed by atoms with Gasteiger partial charge in [-0.1, -0.05) is 6.92 Å². The zero-order chi connectivity index (χ0) is 10.7. The van der Waals surface area contributed by atoms with Crippen LogP contribution in [0.5, 0.6) is 0 Å². The first-order valence-corrected chi connectivity index (χ1v) is 6.33. The second kappa shape index (κ2) is 4.90. The average Bonchev–Trinajstić information content (AvgIpc) is 2.78. The van der Waals surface area contributed by atoms with Crippen LogP contribution in [0.1, 0.15) is 34.3 Å². The molecule has 0 atom stereocenters. The van der Waals surface area contributed by atoms with Crippen LogP contribution in [0.4, 0.5) is 0 Å². The molecule has 2 nitrogen and oxygen atoms in total. The summed E-state index contributed by atoms with van der Waals surface area (Å²) < 4.78 is 5.26. The van der Waals surface area contributed by atoms with Crippen molar-refractivity contribution in [1.82, 2.24) is 0 Å². The second-order valence-corrected chi connectivity index (χ2v) is 5.04. The fourth-order valence-corrected chi connectivity index (χ4v) is 2.83. The van der Waals surface area contributed by atoms with E-state index in [0.29, 0.717) is 5.78 Å². The SMILES string of the molecule is CCc1ccc(C(=O)C2CCOCC2)s1. The molecule has 0 unspecified atom stereocenters. The van der Waals surface area contributed by atoms with Crippen molar-refractivity contribution in [3.05, 3.63) is 21.9 Å². The molecule has 2 heterocycles. The molecular formula is C12H16O2S. The van der Waals surface area contributed by atoms with Gasteiger partial charge in [0.05, 0.1) is 4.88 Å². The van der Waals surface area contributed by atoms with Crippen molar-refractivity contribution >= 4 is 17.1 Å². The molecule has 0 saturated carbocycles. The molecule has 1 saturated heterocycles. The van der Waals surface area contributed by atoms with E-state index in [2.05, 4.69) is 13.0 Å². The number of aryl methyl sites for hydroxylation is 1. The van der Waals surface area contributed by atoms with Crippen molar-refractivity contribution < 1.29 is 9.53 Å². The summed E-state index contributed by atoms with van der Waals surface area (Å²) in [4.78, 5) is 14.3. The van der Waals surface area contributed by atoms with Gasteiger partial charge in [-0.15, -0.1) is 11.3 Å². The topological polar surface area (TPSA) is 26.3 Å². The Morgan fingerprint density at radius 1 is 1.47 bits per heavy atom. The summed E-state index contributed by atoms with van der Waals surface area (Å²) in [7, 11) is 0. The predicted molar refractivity (Wildman–Crippen MR) is 61.6 cm³/mol. The summed E-state index contributed by atoms with van der Waals surface area (Å²) in [6.45, 7) is 3.60. The van der Waals surface area contributed by atoms with Gasteiger partial charge in [-0.3, -0.25) is 4.79 Å². The van der Waals surface area contributed by atoms with Crippen molar-refractivity contribution in [2.75, 3.05) is 13.2 Å². The van der Waals surface area contributed by atoms with Gasteiger partial charge in [-0.2, -0.15) is 0 Å². The van der Waals surface area contributed by atoms with E-state index in [4.69, 9.17) is 4.74 Å². The minimum Gasteiger partial charge on any atom is -0.381 e. The van der Waals surface area contributed by atoms with E-state index in [0.717, 1.165) is 37.4 Å². The number of ether oxygens (including phenoxy) is 1. The Kier molecular flexibility index (Phi) is 3.54. The van der Waals surface area contributed by atoms with Gasteiger partial charge >= 0.3 is 0 Å². The Morgan fingerprint density at radius 3 is 2.80 bits per heavy atom. The summed E-state index contributed by atoms with van der Waals surface area (Å²) in [5, 5.41) is 0. The summed E-state index contributed by atoms with van der Waals surface area (Å²) in [6.07, 6.45) is 2.79. The van der Waals surface area contributed by atoms with Gasteiger partial charge in [0.2, 0.25) is 0 Å². The van der Waals surface area contributed by atoms with E-state index in [1.807, 2.05) is 6.07 Å². The third kappa shape index (κ3) is 2.47. The lowest BCUT2D eigenvalue weighted by Gasteiger charge is -2.19. The van der Waals surface area contributed by atoms with Crippen LogP contribution >= 0.6 is 11.3 Å². The van der Waals surface area contributed by atoms with Crippen LogP contribution in [-0.2, 0) is 11.2 Å². The molecule has 0 spiro atoms. The summed E-state index contributed by atoms with van der Waals surface area (Å²) in [6, 6.07) is 4.04. The molecule has 0 amide bonds. The van der Waals surface area contributed by atoms with Crippen LogP contribution in [0.3, 0.4) is 0 Å². The summed E-state index contributed by atoms with van der Waals surface area (Å²) in [5.41, 5.74) is 0. The molecule has 1 fully saturated rings. The van der Waals surface area contributed by atoms with E-state index < -0.39 is 0 Å². The van der Waals surface area contributed by atoms with E-state index in [1.54, 1.807) is 11.3 Å². The lowest BCUT2D eigenvalue weighted by Crippen LogP contribution is -2.22. The van der Waals surface area contributed by atoms with E-state index in [-0.39, 0.29) is 5.92 Å². The van der Waals surface area contributed by atoms with Crippen LogP contribution in [0, 0.1) is 5.92 Å². The number of thiophene rings is 1. The molecule has 0 radical (unpaired) electrons. The highest BCUT2D eigenvalue weighted by atomic mass is 32.1. The van der Waals surface area contributed by atoms with Crippen molar-refractivity contribution in [1.29, 1.82) is 0 Å². The molecule has 1 aliphatic heterocycles. The van der Waals surface area contributed by atoms with Crippen LogP contribution in [-0.4, -0.2) is 19.0 Å². The van der Waals surface area contributed by atoms with Gasteiger partial charge in [-0.05, 0) is 31.4 Å². The maximum Gasteiger partial charge on any atom is 0.176 e. The molecule has 1 aromatic rings. The first-order valence-electron chi connectivity index (χ1n) is 5.52. The molecule has 2 rings (SSSR count). The molecule has 0 aromatic carbocycles. The molecule has 0 aliphatic carbocycles. The third-order valence-corrected chi connectivity index (χ3v) is 4.09. The Labute approximate surface area is 94.3 Å². The monoisotopic (exact) mass is 224 g/mol. The largest absolute Gasteiger partial charge is 0.381 e. The number of rotatable bonds is 3. The molecule has 3 heteroatoms. The maximum atomic E-state index is 12.1. The smallest absolute Gasteiger partial charge is 0.176 e. The fraction of sp³-hybridized carbons (Fsp3) is 0.583. The van der Waals surface area contributed by atoms with Crippen LogP contribution < -0.4 is 0 Å². The first kappa shape index (κ1) is 10.8. The minimum absolute atomic E-state index is 0.196. The van der Waals surface area contributed by atoms with Crippen molar-refractivity contribution in [2.24, 2.45) is 5.92 Å². The number of hydrogen-bond donors (Lipinski definition) is 0. The number of carbonyl (C=O) groups is 1. The normalized spacial score (nSPS) is 17.9. The highest BCUT2D eigenvalue weighted by Crippen LogP contribution is 2.25. The fourth-order valence-electron chi connectivity index (χ4n) is 1.86. The Bertz CT molecular complexity index is 337. The predicted octanol–water partition coefficient (Wildman–Crippen LogP) is 2.92. The summed E-state index contributed by atoms with van der Waals surface area (Å²) >= 11 is 1.64. The number of ketones is 1. The van der Waals surface area contributed by atoms with Gasteiger partial charge < -0.3 is 4.74 Å². The molecule has 0 N–H and O–H groups in total. The number of carbonyl (C=O) groups excluding carboxylic acids is 1. The van der Waals surface area contributed by atoms with Gasteiger partial charge in [0.1, 0.15) is 0 Å². The van der Waals surface area contributed by atoms with Gasteiger partial charge in [0.25, 0.3) is 0 Å². The first-order chi connectivity index (χ1) is 7.31. The van der Waals surface area contributed by atoms with Crippen LogP contribution in [0.25, 0.3) is 0 Å². The zero-order valence-corrected chi connectivity index (χ0v) is 9.81. The van der Waals surface area contributed by atoms with Gasteiger partial charge in [-0.25, -0.2) is 0 Å². The number of Topliss-reactive ketones (excluding diaryl/α,β-unsaturated/α-hetero) is 1. The Morgan fingerprint density at radius 2 is 2.20 bits per heavy atom. The Hall–Kier alpha value is -0.670. The molecule has 0 bridgehead atoms. The maximum absolute atomic E-state index is 12.1. The molecule has 82 valence electrons. The Balaban J connectivity index is 2.05. The molecular weight excluding hydrogens is 208 g/mol. The molecule has 15 heavy (non-hydrogen) atoms. The highest BCUT2D eigenvalue weighted by molar-refractivity contribution is 7.14. The van der Waals surface area contributed by atoms with Crippen molar-refractivity contribution in [2.45, 2.75) is 26.2 Å². The lowest BCUT2D eigenvalue weighted by atomic mass is 9.94. The average molecular weight is 224 g/mol. The standard InChI is InChI=1S/C12H16O2S/c1-2-10-3-4-11(15-10)12(13)9-5-7-14-8-6-9/h3-4,9H,2,5-8H2,1H3. The quantitative estimate of drug-likeness (QED) is 0.738. The molecule has 1 aliphatic rings. The van der Waals surface area contributed by atoms with E-state index in [9.17, 15) is 4.79 Å².